The van der Waals surface area contributed by atoms with Gasteiger partial charge < -0.3 is 5.32 Å². The molecule has 1 aromatic rings. The number of hydrogen-bond donors (Lipinski definition) is 1. The molecule has 2 unspecified atom stereocenters. The third-order valence-corrected chi connectivity index (χ3v) is 5.40. The normalized spacial score (nSPS) is 27.9. The van der Waals surface area contributed by atoms with Gasteiger partial charge in [0.15, 0.2) is 0 Å². The Bertz CT molecular complexity index is 372. The summed E-state index contributed by atoms with van der Waals surface area (Å²) in [5, 5.41) is 8.24. The van der Waals surface area contributed by atoms with Crippen molar-refractivity contribution < 1.29 is 0 Å². The van der Waals surface area contributed by atoms with Crippen molar-refractivity contribution in [1.82, 2.24) is 10.2 Å². The molecule has 1 saturated carbocycles. The first-order valence-corrected chi connectivity index (χ1v) is 8.78. The molecule has 3 rings (SSSR count). The maximum Gasteiger partial charge on any atom is 0.0245 e. The molecule has 0 radical (unpaired) electrons. The molecule has 0 spiro atoms. The summed E-state index contributed by atoms with van der Waals surface area (Å²) in [6.07, 6.45) is 6.93. The molecule has 0 bridgehead atoms. The lowest BCUT2D eigenvalue weighted by molar-refractivity contribution is 0.187. The van der Waals surface area contributed by atoms with Crippen LogP contribution in [0.25, 0.3) is 0 Å². The second-order valence-corrected chi connectivity index (χ2v) is 7.02. The number of hydrogen-bond acceptors (Lipinski definition) is 3. The van der Waals surface area contributed by atoms with Crippen molar-refractivity contribution in [2.45, 2.75) is 57.7 Å². The highest BCUT2D eigenvalue weighted by molar-refractivity contribution is 7.07. The summed E-state index contributed by atoms with van der Waals surface area (Å²) in [7, 11) is 0. The molecule has 0 aromatic carbocycles. The van der Waals surface area contributed by atoms with E-state index in [0.29, 0.717) is 0 Å². The summed E-state index contributed by atoms with van der Waals surface area (Å²) in [6.45, 7) is 5.97. The van der Waals surface area contributed by atoms with Crippen LogP contribution in [-0.2, 0) is 6.54 Å². The number of rotatable bonds is 6. The first-order valence-electron chi connectivity index (χ1n) is 7.83. The Balaban J connectivity index is 1.55. The Hall–Kier alpha value is -0.380. The lowest BCUT2D eigenvalue weighted by Crippen LogP contribution is -2.46. The van der Waals surface area contributed by atoms with Crippen molar-refractivity contribution in [2.75, 3.05) is 13.1 Å². The quantitative estimate of drug-likeness (QED) is 0.857. The van der Waals surface area contributed by atoms with E-state index in [1.54, 1.807) is 0 Å². The van der Waals surface area contributed by atoms with E-state index in [0.717, 1.165) is 24.5 Å². The summed E-state index contributed by atoms with van der Waals surface area (Å²) >= 11 is 1.82. The fourth-order valence-electron chi connectivity index (χ4n) is 3.29. The topological polar surface area (TPSA) is 15.3 Å². The average molecular weight is 278 g/mol. The van der Waals surface area contributed by atoms with Gasteiger partial charge in [0.05, 0.1) is 0 Å². The molecule has 2 aliphatic rings. The van der Waals surface area contributed by atoms with Crippen molar-refractivity contribution >= 4 is 11.3 Å². The van der Waals surface area contributed by atoms with Crippen LogP contribution in [0.5, 0.6) is 0 Å². The van der Waals surface area contributed by atoms with Gasteiger partial charge in [0.25, 0.3) is 0 Å². The van der Waals surface area contributed by atoms with Gasteiger partial charge in [0, 0.05) is 25.2 Å². The molecule has 3 heteroatoms. The van der Waals surface area contributed by atoms with Crippen molar-refractivity contribution in [1.29, 1.82) is 0 Å². The monoisotopic (exact) mass is 278 g/mol. The van der Waals surface area contributed by atoms with Crippen LogP contribution < -0.4 is 5.32 Å². The van der Waals surface area contributed by atoms with Crippen molar-refractivity contribution in [3.05, 3.63) is 22.4 Å². The van der Waals surface area contributed by atoms with Gasteiger partial charge in [-0.05, 0) is 60.5 Å². The van der Waals surface area contributed by atoms with Gasteiger partial charge in [-0.3, -0.25) is 4.90 Å². The Morgan fingerprint density at radius 3 is 2.95 bits per heavy atom. The van der Waals surface area contributed by atoms with E-state index in [1.165, 1.54) is 50.8 Å². The number of nitrogens with zero attached hydrogens (tertiary/aromatic N) is 1. The third-order valence-electron chi connectivity index (χ3n) is 4.66. The van der Waals surface area contributed by atoms with E-state index in [2.05, 4.69) is 34.0 Å². The van der Waals surface area contributed by atoms with Crippen LogP contribution in [0.2, 0.25) is 0 Å². The van der Waals surface area contributed by atoms with Crippen LogP contribution in [-0.4, -0.2) is 30.1 Å². The van der Waals surface area contributed by atoms with Gasteiger partial charge >= 0.3 is 0 Å². The van der Waals surface area contributed by atoms with Crippen LogP contribution >= 0.6 is 11.3 Å². The molecule has 2 heterocycles. The zero-order chi connectivity index (χ0) is 13.1. The molecule has 1 aliphatic carbocycles. The molecule has 2 atom stereocenters. The largest absolute Gasteiger partial charge is 0.313 e. The number of nitrogens with one attached hydrogen (secondary N) is 1. The summed E-state index contributed by atoms with van der Waals surface area (Å²) < 4.78 is 0. The predicted molar refractivity (Wildman–Crippen MR) is 82.6 cm³/mol. The molecule has 2 fully saturated rings. The van der Waals surface area contributed by atoms with Crippen LogP contribution in [0, 0.1) is 5.92 Å². The maximum atomic E-state index is 3.74. The highest BCUT2D eigenvalue weighted by Crippen LogP contribution is 2.30. The van der Waals surface area contributed by atoms with E-state index in [-0.39, 0.29) is 0 Å². The third kappa shape index (κ3) is 3.80. The van der Waals surface area contributed by atoms with Crippen molar-refractivity contribution in [2.24, 2.45) is 5.92 Å². The van der Waals surface area contributed by atoms with Crippen LogP contribution in [0.4, 0.5) is 0 Å². The van der Waals surface area contributed by atoms with Crippen LogP contribution in [0.3, 0.4) is 0 Å². The Morgan fingerprint density at radius 1 is 1.37 bits per heavy atom. The molecule has 1 aliphatic heterocycles. The van der Waals surface area contributed by atoms with Crippen LogP contribution in [0.15, 0.2) is 16.8 Å². The fourth-order valence-corrected chi connectivity index (χ4v) is 3.95. The molecule has 1 aromatic heterocycles. The molecule has 19 heavy (non-hydrogen) atoms. The summed E-state index contributed by atoms with van der Waals surface area (Å²) in [4.78, 5) is 2.72. The maximum absolute atomic E-state index is 3.74. The summed E-state index contributed by atoms with van der Waals surface area (Å²) in [5.41, 5.74) is 1.50. The van der Waals surface area contributed by atoms with Gasteiger partial charge in [-0.1, -0.05) is 13.3 Å². The van der Waals surface area contributed by atoms with Gasteiger partial charge in [-0.2, -0.15) is 11.3 Å². The highest BCUT2D eigenvalue weighted by atomic mass is 32.1. The molecule has 1 saturated heterocycles. The Kier molecular flexibility index (Phi) is 4.57. The Labute approximate surface area is 121 Å². The van der Waals surface area contributed by atoms with Gasteiger partial charge in [0.2, 0.25) is 0 Å². The van der Waals surface area contributed by atoms with Crippen molar-refractivity contribution in [3.63, 3.8) is 0 Å². The highest BCUT2D eigenvalue weighted by Gasteiger charge is 2.31. The predicted octanol–water partition coefficient (Wildman–Crippen LogP) is 3.49. The minimum absolute atomic E-state index is 0.720. The second-order valence-electron chi connectivity index (χ2n) is 6.24. The van der Waals surface area contributed by atoms with Gasteiger partial charge in [-0.15, -0.1) is 0 Å². The van der Waals surface area contributed by atoms with Crippen LogP contribution in [0.1, 0.15) is 44.6 Å². The first kappa shape index (κ1) is 13.6. The summed E-state index contributed by atoms with van der Waals surface area (Å²) in [6, 6.07) is 3.87. The van der Waals surface area contributed by atoms with E-state index in [4.69, 9.17) is 0 Å². The lowest BCUT2D eigenvalue weighted by atomic mass is 9.90. The average Bonchev–Trinajstić information content (AvgIpc) is 3.17. The number of thiophene rings is 1. The summed E-state index contributed by atoms with van der Waals surface area (Å²) in [5.74, 6) is 0.952. The molecule has 2 nitrogen and oxygen atoms in total. The van der Waals surface area contributed by atoms with E-state index in [1.807, 2.05) is 11.3 Å². The molecule has 106 valence electrons. The number of piperidine rings is 1. The Morgan fingerprint density at radius 2 is 2.26 bits per heavy atom. The molecule has 0 amide bonds. The lowest BCUT2D eigenvalue weighted by Gasteiger charge is -2.34. The minimum Gasteiger partial charge on any atom is -0.313 e. The SMILES string of the molecule is CCC1CCNC(CN(Cc2ccsc2)C2CC2)C1. The molecule has 1 N–H and O–H groups in total. The zero-order valence-electron chi connectivity index (χ0n) is 12.0. The standard InChI is InChI=1S/C16H26N2S/c1-2-13-5-7-17-15(9-13)11-18(16-3-4-16)10-14-6-8-19-12-14/h6,8,12-13,15-17H,2-5,7,9-11H2,1H3. The van der Waals surface area contributed by atoms with E-state index >= 15 is 0 Å². The zero-order valence-corrected chi connectivity index (χ0v) is 12.8. The molecular weight excluding hydrogens is 252 g/mol. The van der Waals surface area contributed by atoms with Gasteiger partial charge in [-0.25, -0.2) is 0 Å². The van der Waals surface area contributed by atoms with Gasteiger partial charge in [0.1, 0.15) is 0 Å². The molecular formula is C16H26N2S. The second kappa shape index (κ2) is 6.38. The smallest absolute Gasteiger partial charge is 0.0245 e. The van der Waals surface area contributed by atoms with E-state index < -0.39 is 0 Å². The van der Waals surface area contributed by atoms with Crippen molar-refractivity contribution in [3.8, 4) is 0 Å². The van der Waals surface area contributed by atoms with E-state index in [9.17, 15) is 0 Å². The fraction of sp³-hybridized carbons (Fsp3) is 0.750. The first-order chi connectivity index (χ1) is 9.35. The minimum atomic E-state index is 0.720.